The van der Waals surface area contributed by atoms with Crippen LogP contribution in [0.1, 0.15) is 12.5 Å². The fourth-order valence-corrected chi connectivity index (χ4v) is 2.39. The van der Waals surface area contributed by atoms with Gasteiger partial charge in [0.25, 0.3) is 10.1 Å². The van der Waals surface area contributed by atoms with Crippen molar-refractivity contribution in [3.63, 3.8) is 0 Å². The van der Waals surface area contributed by atoms with E-state index in [0.29, 0.717) is 17.7 Å². The van der Waals surface area contributed by atoms with Gasteiger partial charge in [0.15, 0.2) is 0 Å². The Morgan fingerprint density at radius 3 is 1.94 bits per heavy atom. The third kappa shape index (κ3) is 3.46. The predicted octanol–water partition coefficient (Wildman–Crippen LogP) is 3.20. The Labute approximate surface area is 111 Å². The number of rotatable bonds is 3. The lowest BCUT2D eigenvalue weighted by atomic mass is 9.96. The van der Waals surface area contributed by atoms with E-state index >= 15 is 0 Å². The second-order valence-electron chi connectivity index (χ2n) is 3.83. The van der Waals surface area contributed by atoms with Crippen molar-refractivity contribution >= 4 is 26.0 Å². The summed E-state index contributed by atoms with van der Waals surface area (Å²) < 4.78 is 65.9. The van der Waals surface area contributed by atoms with Gasteiger partial charge in [0, 0.05) is 4.47 Å². The highest BCUT2D eigenvalue weighted by Crippen LogP contribution is 2.43. The van der Waals surface area contributed by atoms with Crippen LogP contribution in [0.15, 0.2) is 28.7 Å². The normalized spacial score (nSPS) is 16.3. The van der Waals surface area contributed by atoms with Gasteiger partial charge in [-0.2, -0.15) is 21.6 Å². The van der Waals surface area contributed by atoms with Crippen LogP contribution >= 0.6 is 15.9 Å². The molecular formula is C10H10BrF3O3S. The van der Waals surface area contributed by atoms with E-state index in [2.05, 4.69) is 20.1 Å². The molecule has 0 bridgehead atoms. The van der Waals surface area contributed by atoms with E-state index in [0.717, 1.165) is 12.1 Å². The van der Waals surface area contributed by atoms with Crippen LogP contribution in [0.4, 0.5) is 13.2 Å². The molecule has 0 aliphatic rings. The monoisotopic (exact) mass is 346 g/mol. The molecule has 0 N–H and O–H groups in total. The van der Waals surface area contributed by atoms with Crippen molar-refractivity contribution in [2.75, 3.05) is 6.26 Å². The Morgan fingerprint density at radius 2 is 1.61 bits per heavy atom. The van der Waals surface area contributed by atoms with Gasteiger partial charge in [0.2, 0.25) is 5.60 Å². The van der Waals surface area contributed by atoms with Crippen LogP contribution < -0.4 is 0 Å². The lowest BCUT2D eigenvalue weighted by Crippen LogP contribution is -2.43. The lowest BCUT2D eigenvalue weighted by molar-refractivity contribution is -0.246. The molecule has 1 aromatic carbocycles. The Kier molecular flexibility index (Phi) is 4.14. The first kappa shape index (κ1) is 15.5. The topological polar surface area (TPSA) is 43.4 Å². The molecule has 0 heterocycles. The average Bonchev–Trinajstić information content (AvgIpc) is 2.13. The maximum atomic E-state index is 13.0. The van der Waals surface area contributed by atoms with Crippen LogP contribution in [-0.2, 0) is 19.9 Å². The maximum absolute atomic E-state index is 13.0. The second kappa shape index (κ2) is 4.82. The van der Waals surface area contributed by atoms with Gasteiger partial charge in [0.1, 0.15) is 0 Å². The first-order valence-electron chi connectivity index (χ1n) is 4.69. The molecule has 1 atom stereocenters. The molecule has 18 heavy (non-hydrogen) atoms. The Bertz CT molecular complexity index is 524. The van der Waals surface area contributed by atoms with Gasteiger partial charge < -0.3 is 0 Å². The Hall–Kier alpha value is -0.600. The Balaban J connectivity index is 3.34. The molecule has 0 aliphatic heterocycles. The first-order chi connectivity index (χ1) is 7.96. The number of hydrogen-bond acceptors (Lipinski definition) is 3. The van der Waals surface area contributed by atoms with E-state index in [1.165, 1.54) is 12.1 Å². The van der Waals surface area contributed by atoms with Crippen molar-refractivity contribution in [2.24, 2.45) is 0 Å². The number of benzene rings is 1. The fourth-order valence-electron chi connectivity index (χ4n) is 1.33. The molecule has 0 fully saturated rings. The van der Waals surface area contributed by atoms with Crippen molar-refractivity contribution in [3.05, 3.63) is 34.3 Å². The fraction of sp³-hybridized carbons (Fsp3) is 0.400. The highest BCUT2D eigenvalue weighted by Gasteiger charge is 2.56. The van der Waals surface area contributed by atoms with Gasteiger partial charge in [-0.3, -0.25) is 0 Å². The van der Waals surface area contributed by atoms with Crippen LogP contribution in [0.3, 0.4) is 0 Å². The van der Waals surface area contributed by atoms with Gasteiger partial charge in [-0.15, -0.1) is 0 Å². The third-order valence-corrected chi connectivity index (χ3v) is 3.42. The molecule has 0 spiro atoms. The zero-order valence-electron chi connectivity index (χ0n) is 9.45. The van der Waals surface area contributed by atoms with Crippen molar-refractivity contribution in [3.8, 4) is 0 Å². The average molecular weight is 347 g/mol. The summed E-state index contributed by atoms with van der Waals surface area (Å²) in [5.74, 6) is 0. The van der Waals surface area contributed by atoms with Crippen LogP contribution in [0.2, 0.25) is 0 Å². The summed E-state index contributed by atoms with van der Waals surface area (Å²) in [6.45, 7) is 0.678. The van der Waals surface area contributed by atoms with Gasteiger partial charge in [0.05, 0.1) is 6.26 Å². The van der Waals surface area contributed by atoms with Crippen LogP contribution in [0.25, 0.3) is 0 Å². The summed E-state index contributed by atoms with van der Waals surface area (Å²) in [7, 11) is -4.25. The third-order valence-electron chi connectivity index (χ3n) is 2.25. The van der Waals surface area contributed by atoms with Crippen LogP contribution in [-0.4, -0.2) is 20.8 Å². The second-order valence-corrected chi connectivity index (χ2v) is 6.32. The highest BCUT2D eigenvalue weighted by atomic mass is 79.9. The van der Waals surface area contributed by atoms with Crippen molar-refractivity contribution in [1.29, 1.82) is 0 Å². The molecule has 0 saturated carbocycles. The highest BCUT2D eigenvalue weighted by molar-refractivity contribution is 9.10. The number of halogens is 4. The minimum atomic E-state index is -4.86. The molecule has 8 heteroatoms. The molecule has 1 aromatic rings. The minimum absolute atomic E-state index is 0.288. The molecule has 3 nitrogen and oxygen atoms in total. The standard InChI is InChI=1S/C10H10BrF3O3S/c1-9(10(12,13)14,17-18(2,15)16)7-3-5-8(11)6-4-7/h3-6H,1-2H3. The molecule has 0 radical (unpaired) electrons. The predicted molar refractivity (Wildman–Crippen MR) is 63.5 cm³/mol. The SMILES string of the molecule is CC(OS(C)(=O)=O)(c1ccc(Br)cc1)C(F)(F)F. The van der Waals surface area contributed by atoms with Crippen molar-refractivity contribution in [2.45, 2.75) is 18.7 Å². The summed E-state index contributed by atoms with van der Waals surface area (Å²) in [6.07, 6.45) is -4.28. The first-order valence-corrected chi connectivity index (χ1v) is 7.30. The summed E-state index contributed by atoms with van der Waals surface area (Å²) >= 11 is 3.08. The molecule has 1 unspecified atom stereocenters. The van der Waals surface area contributed by atoms with E-state index in [4.69, 9.17) is 0 Å². The minimum Gasteiger partial charge on any atom is -0.249 e. The zero-order valence-corrected chi connectivity index (χ0v) is 11.9. The molecule has 1 rings (SSSR count). The Morgan fingerprint density at radius 1 is 1.17 bits per heavy atom. The van der Waals surface area contributed by atoms with Gasteiger partial charge in [-0.1, -0.05) is 28.1 Å². The number of hydrogen-bond donors (Lipinski definition) is 0. The molecule has 0 amide bonds. The lowest BCUT2D eigenvalue weighted by Gasteiger charge is -2.31. The van der Waals surface area contributed by atoms with E-state index in [1.807, 2.05) is 0 Å². The zero-order chi connectivity index (χ0) is 14.2. The summed E-state index contributed by atoms with van der Waals surface area (Å²) in [4.78, 5) is 0. The summed E-state index contributed by atoms with van der Waals surface area (Å²) in [6, 6.07) is 5.07. The van der Waals surface area contributed by atoms with Crippen LogP contribution in [0.5, 0.6) is 0 Å². The molecule has 0 saturated heterocycles. The quantitative estimate of drug-likeness (QED) is 0.789. The molecular weight excluding hydrogens is 337 g/mol. The molecule has 0 aromatic heterocycles. The maximum Gasteiger partial charge on any atom is 0.422 e. The summed E-state index contributed by atoms with van der Waals surface area (Å²) in [5, 5.41) is 0. The van der Waals surface area contributed by atoms with Gasteiger partial charge in [-0.25, -0.2) is 4.18 Å². The molecule has 102 valence electrons. The summed E-state index contributed by atoms with van der Waals surface area (Å²) in [5.41, 5.74) is -3.19. The van der Waals surface area contributed by atoms with E-state index in [1.54, 1.807) is 0 Å². The van der Waals surface area contributed by atoms with E-state index < -0.39 is 21.9 Å². The van der Waals surface area contributed by atoms with E-state index in [-0.39, 0.29) is 5.56 Å². The van der Waals surface area contributed by atoms with Crippen LogP contribution in [0, 0.1) is 0 Å². The number of alkyl halides is 3. The van der Waals surface area contributed by atoms with Crippen molar-refractivity contribution in [1.82, 2.24) is 0 Å². The van der Waals surface area contributed by atoms with Crippen molar-refractivity contribution < 1.29 is 25.8 Å². The smallest absolute Gasteiger partial charge is 0.249 e. The van der Waals surface area contributed by atoms with E-state index in [9.17, 15) is 21.6 Å². The molecule has 0 aliphatic carbocycles. The largest absolute Gasteiger partial charge is 0.422 e. The van der Waals surface area contributed by atoms with Gasteiger partial charge in [-0.05, 0) is 24.6 Å². The van der Waals surface area contributed by atoms with Gasteiger partial charge >= 0.3 is 6.18 Å².